The lowest BCUT2D eigenvalue weighted by Gasteiger charge is -2.18. The van der Waals surface area contributed by atoms with Crippen LogP contribution in [0.5, 0.6) is 0 Å². The minimum absolute atomic E-state index is 0.0376. The number of carbonyl (C=O) groups excluding carboxylic acids is 1. The van der Waals surface area contributed by atoms with Crippen molar-refractivity contribution < 1.29 is 13.6 Å². The van der Waals surface area contributed by atoms with Crippen LogP contribution in [0.15, 0.2) is 68.4 Å². The van der Waals surface area contributed by atoms with Gasteiger partial charge in [-0.05, 0) is 37.0 Å². The molecular formula is C22H23NO4. The highest BCUT2D eigenvalue weighted by Gasteiger charge is 2.33. The maximum absolute atomic E-state index is 11.4. The number of rotatable bonds is 2. The normalized spacial score (nSPS) is 14.3. The molecule has 1 aromatic heterocycles. The summed E-state index contributed by atoms with van der Waals surface area (Å²) in [4.78, 5) is 22.2. The van der Waals surface area contributed by atoms with Crippen molar-refractivity contribution in [2.45, 2.75) is 39.2 Å². The number of benzene rings is 2. The van der Waals surface area contributed by atoms with E-state index in [-0.39, 0.29) is 11.4 Å². The van der Waals surface area contributed by atoms with Crippen molar-refractivity contribution in [3.8, 4) is 11.3 Å². The Morgan fingerprint density at radius 2 is 1.56 bits per heavy atom. The fourth-order valence-corrected chi connectivity index (χ4v) is 3.23. The molecule has 1 aliphatic rings. The van der Waals surface area contributed by atoms with E-state index in [1.54, 1.807) is 0 Å². The molecule has 4 rings (SSSR count). The first kappa shape index (κ1) is 18.7. The molecule has 0 saturated heterocycles. The highest BCUT2D eigenvalue weighted by Crippen LogP contribution is 2.30. The smallest absolute Gasteiger partial charge is 0.399 e. The number of nitrogens with one attached hydrogen (secondary N) is 1. The van der Waals surface area contributed by atoms with Crippen LogP contribution in [0, 0.1) is 0 Å². The van der Waals surface area contributed by atoms with Gasteiger partial charge in [0.05, 0.1) is 5.54 Å². The zero-order chi connectivity index (χ0) is 19.6. The number of hydrogen-bond donors (Lipinski definition) is 1. The SMILES string of the molecule is CC(C)c1ccccc1-c1coc(=O)o1.CC1(C)NC(=O)c2ccccc21. The van der Waals surface area contributed by atoms with Crippen LogP contribution < -0.4 is 11.1 Å². The van der Waals surface area contributed by atoms with E-state index in [0.717, 1.165) is 22.3 Å². The van der Waals surface area contributed by atoms with E-state index >= 15 is 0 Å². The van der Waals surface area contributed by atoms with Crippen LogP contribution in [-0.2, 0) is 5.54 Å². The standard InChI is InChI=1S/C12H12O3.C10H11NO/c1-8(2)9-5-3-4-6-10(9)11-7-14-12(13)15-11;1-10(2)8-6-4-3-5-7(8)9(12)11-10/h3-8H,1-2H3;3-6H,1-2H3,(H,11,12). The third-order valence-electron chi connectivity index (χ3n) is 4.57. The molecule has 0 spiro atoms. The number of fused-ring (bicyclic) bond motifs is 1. The first-order valence-corrected chi connectivity index (χ1v) is 8.89. The predicted molar refractivity (Wildman–Crippen MR) is 104 cm³/mol. The van der Waals surface area contributed by atoms with Crippen molar-refractivity contribution >= 4 is 5.91 Å². The second-order valence-corrected chi connectivity index (χ2v) is 7.32. The van der Waals surface area contributed by atoms with E-state index < -0.39 is 5.82 Å². The van der Waals surface area contributed by atoms with E-state index in [1.165, 1.54) is 6.26 Å². The maximum atomic E-state index is 11.4. The molecule has 2 heterocycles. The number of hydrogen-bond acceptors (Lipinski definition) is 4. The summed E-state index contributed by atoms with van der Waals surface area (Å²) in [6.45, 7) is 8.21. The molecule has 0 saturated carbocycles. The van der Waals surface area contributed by atoms with Gasteiger partial charge in [-0.1, -0.05) is 56.3 Å². The van der Waals surface area contributed by atoms with Crippen molar-refractivity contribution in [1.29, 1.82) is 0 Å². The van der Waals surface area contributed by atoms with E-state index in [2.05, 4.69) is 23.6 Å². The summed E-state index contributed by atoms with van der Waals surface area (Å²) in [6, 6.07) is 15.5. The quantitative estimate of drug-likeness (QED) is 0.715. The largest absolute Gasteiger partial charge is 0.519 e. The van der Waals surface area contributed by atoms with Gasteiger partial charge in [-0.15, -0.1) is 0 Å². The molecule has 0 fully saturated rings. The Labute approximate surface area is 158 Å². The van der Waals surface area contributed by atoms with Crippen LogP contribution >= 0.6 is 0 Å². The van der Waals surface area contributed by atoms with Gasteiger partial charge in [0.2, 0.25) is 0 Å². The number of amides is 1. The van der Waals surface area contributed by atoms with Crippen molar-refractivity contribution in [3.63, 3.8) is 0 Å². The Kier molecular flexibility index (Phi) is 5.04. The Morgan fingerprint density at radius 3 is 2.15 bits per heavy atom. The second kappa shape index (κ2) is 7.27. The molecule has 0 atom stereocenters. The van der Waals surface area contributed by atoms with Crippen molar-refractivity contribution in [3.05, 3.63) is 82.1 Å². The summed E-state index contributed by atoms with van der Waals surface area (Å²) < 4.78 is 9.57. The van der Waals surface area contributed by atoms with Crippen molar-refractivity contribution in [2.24, 2.45) is 0 Å². The fraction of sp³-hybridized carbons (Fsp3) is 0.273. The monoisotopic (exact) mass is 365 g/mol. The van der Waals surface area contributed by atoms with Gasteiger partial charge in [-0.25, -0.2) is 4.79 Å². The second-order valence-electron chi connectivity index (χ2n) is 7.32. The number of carbonyl (C=O) groups is 1. The van der Waals surface area contributed by atoms with Gasteiger partial charge in [0.25, 0.3) is 5.91 Å². The lowest BCUT2D eigenvalue weighted by Crippen LogP contribution is -2.32. The van der Waals surface area contributed by atoms with Gasteiger partial charge in [-0.2, -0.15) is 0 Å². The molecule has 2 aromatic carbocycles. The highest BCUT2D eigenvalue weighted by molar-refractivity contribution is 5.99. The van der Waals surface area contributed by atoms with Gasteiger partial charge in [0, 0.05) is 11.1 Å². The Bertz CT molecular complexity index is 1010. The van der Waals surface area contributed by atoms with Crippen molar-refractivity contribution in [2.75, 3.05) is 0 Å². The summed E-state index contributed by atoms with van der Waals surface area (Å²) in [6.07, 6.45) is 1.35. The van der Waals surface area contributed by atoms with E-state index in [0.29, 0.717) is 11.7 Å². The summed E-state index contributed by atoms with van der Waals surface area (Å²) in [5.74, 6) is 0.241. The molecule has 0 unspecified atom stereocenters. The first-order valence-electron chi connectivity index (χ1n) is 8.89. The lowest BCUT2D eigenvalue weighted by atomic mass is 9.95. The minimum atomic E-state index is -0.663. The summed E-state index contributed by atoms with van der Waals surface area (Å²) in [5, 5.41) is 2.92. The molecule has 140 valence electrons. The Hall–Kier alpha value is -3.08. The Morgan fingerprint density at radius 1 is 0.926 bits per heavy atom. The Balaban J connectivity index is 0.000000159. The third-order valence-corrected chi connectivity index (χ3v) is 4.57. The van der Waals surface area contributed by atoms with Gasteiger partial charge in [0.15, 0.2) is 5.76 Å². The first-order chi connectivity index (χ1) is 12.8. The minimum Gasteiger partial charge on any atom is -0.399 e. The lowest BCUT2D eigenvalue weighted by molar-refractivity contribution is 0.0940. The van der Waals surface area contributed by atoms with Gasteiger partial charge in [0.1, 0.15) is 6.26 Å². The molecule has 27 heavy (non-hydrogen) atoms. The summed E-state index contributed by atoms with van der Waals surface area (Å²) >= 11 is 0. The fourth-order valence-electron chi connectivity index (χ4n) is 3.23. The maximum Gasteiger partial charge on any atom is 0.519 e. The van der Waals surface area contributed by atoms with E-state index in [1.807, 2.05) is 62.4 Å². The van der Waals surface area contributed by atoms with Crippen LogP contribution in [0.2, 0.25) is 0 Å². The highest BCUT2D eigenvalue weighted by atomic mass is 16.6. The van der Waals surface area contributed by atoms with Crippen LogP contribution in [-0.4, -0.2) is 5.91 Å². The molecule has 5 nitrogen and oxygen atoms in total. The van der Waals surface area contributed by atoms with Gasteiger partial charge < -0.3 is 14.2 Å². The van der Waals surface area contributed by atoms with Gasteiger partial charge >= 0.3 is 5.82 Å². The molecule has 1 amide bonds. The summed E-state index contributed by atoms with van der Waals surface area (Å²) in [5.41, 5.74) is 3.76. The average Bonchev–Trinajstić information content (AvgIpc) is 3.17. The van der Waals surface area contributed by atoms with Crippen LogP contribution in [0.3, 0.4) is 0 Å². The molecule has 0 radical (unpaired) electrons. The zero-order valence-corrected chi connectivity index (χ0v) is 15.9. The van der Waals surface area contributed by atoms with E-state index in [4.69, 9.17) is 4.42 Å². The van der Waals surface area contributed by atoms with Crippen LogP contribution in [0.25, 0.3) is 11.3 Å². The molecule has 1 aliphatic heterocycles. The van der Waals surface area contributed by atoms with Gasteiger partial charge in [-0.3, -0.25) is 4.79 Å². The molecule has 0 bridgehead atoms. The zero-order valence-electron chi connectivity index (χ0n) is 15.9. The topological polar surface area (TPSA) is 72.5 Å². The predicted octanol–water partition coefficient (Wildman–Crippen LogP) is 4.69. The summed E-state index contributed by atoms with van der Waals surface area (Å²) in [7, 11) is 0. The van der Waals surface area contributed by atoms with E-state index in [9.17, 15) is 9.59 Å². The molecule has 1 N–H and O–H groups in total. The molecule has 5 heteroatoms. The van der Waals surface area contributed by atoms with Crippen molar-refractivity contribution in [1.82, 2.24) is 5.32 Å². The molecular weight excluding hydrogens is 342 g/mol. The van der Waals surface area contributed by atoms with Crippen LogP contribution in [0.4, 0.5) is 0 Å². The van der Waals surface area contributed by atoms with Crippen LogP contribution in [0.1, 0.15) is 55.1 Å². The average molecular weight is 365 g/mol. The third kappa shape index (κ3) is 3.87. The molecule has 0 aliphatic carbocycles. The molecule has 3 aromatic rings.